The van der Waals surface area contributed by atoms with Gasteiger partial charge in [-0.15, -0.1) is 0 Å². The van der Waals surface area contributed by atoms with Crippen LogP contribution in [-0.4, -0.2) is 18.6 Å². The van der Waals surface area contributed by atoms with Crippen molar-refractivity contribution in [3.8, 4) is 6.07 Å². The maximum absolute atomic E-state index is 8.60. The molecule has 0 bridgehead atoms. The van der Waals surface area contributed by atoms with E-state index in [0.29, 0.717) is 0 Å². The molecule has 9 heavy (non-hydrogen) atoms. The molecule has 4 nitrogen and oxygen atoms in total. The molecule has 1 N–H and O–H groups in total. The van der Waals surface area contributed by atoms with E-state index in [1.807, 2.05) is 6.07 Å². The molecule has 0 aliphatic heterocycles. The highest BCUT2D eigenvalue weighted by Crippen LogP contribution is 2.30. The summed E-state index contributed by atoms with van der Waals surface area (Å²) >= 11 is 0. The zero-order chi connectivity index (χ0) is 7.11. The van der Waals surface area contributed by atoms with Crippen molar-refractivity contribution in [1.82, 2.24) is 0 Å². The number of hydrogen-bond donors (Lipinski definition) is 1. The van der Waals surface area contributed by atoms with Gasteiger partial charge >= 0.3 is 8.60 Å². The highest BCUT2D eigenvalue weighted by atomic mass is 31.2. The van der Waals surface area contributed by atoms with Crippen molar-refractivity contribution in [2.75, 3.05) is 13.7 Å². The van der Waals surface area contributed by atoms with Crippen LogP contribution in [0.4, 0.5) is 0 Å². The maximum atomic E-state index is 8.60. The van der Waals surface area contributed by atoms with Crippen LogP contribution in [0.5, 0.6) is 0 Å². The van der Waals surface area contributed by atoms with Gasteiger partial charge in [0.2, 0.25) is 0 Å². The summed E-state index contributed by atoms with van der Waals surface area (Å²) in [4.78, 5) is 8.60. The first-order valence-electron chi connectivity index (χ1n) is 2.34. The molecule has 0 aromatic heterocycles. The monoisotopic (exact) mass is 149 g/mol. The maximum Gasteiger partial charge on any atom is 0.329 e. The lowest BCUT2D eigenvalue weighted by Crippen LogP contribution is -1.87. The molecule has 0 heterocycles. The molecular weight excluding hydrogens is 141 g/mol. The van der Waals surface area contributed by atoms with Gasteiger partial charge in [-0.3, -0.25) is 0 Å². The van der Waals surface area contributed by atoms with Crippen LogP contribution < -0.4 is 0 Å². The molecule has 1 unspecified atom stereocenters. The average Bonchev–Trinajstić information content (AvgIpc) is 1.89. The van der Waals surface area contributed by atoms with Crippen LogP contribution in [0.3, 0.4) is 0 Å². The molecule has 0 spiro atoms. The van der Waals surface area contributed by atoms with E-state index in [1.54, 1.807) is 0 Å². The zero-order valence-corrected chi connectivity index (χ0v) is 5.97. The normalized spacial score (nSPS) is 12.6. The van der Waals surface area contributed by atoms with Gasteiger partial charge in [0.1, 0.15) is 0 Å². The van der Waals surface area contributed by atoms with Crippen LogP contribution in [-0.2, 0) is 9.05 Å². The predicted molar refractivity (Wildman–Crippen MR) is 32.3 cm³/mol. The fourth-order valence-electron chi connectivity index (χ4n) is 0.222. The lowest BCUT2D eigenvalue weighted by Gasteiger charge is -2.03. The lowest BCUT2D eigenvalue weighted by atomic mass is 10.5. The molecule has 1 atom stereocenters. The molecule has 0 saturated carbocycles. The van der Waals surface area contributed by atoms with E-state index in [4.69, 9.17) is 10.2 Å². The largest absolute Gasteiger partial charge is 0.329 e. The highest BCUT2D eigenvalue weighted by molar-refractivity contribution is 7.40. The second-order valence-corrected chi connectivity index (χ2v) is 2.26. The molecule has 0 fully saturated rings. The summed E-state index contributed by atoms with van der Waals surface area (Å²) in [5.41, 5.74) is 0. The van der Waals surface area contributed by atoms with E-state index >= 15 is 0 Å². The van der Waals surface area contributed by atoms with E-state index in [2.05, 4.69) is 9.05 Å². The summed E-state index contributed by atoms with van der Waals surface area (Å²) in [5, 5.41) is 8.01. The molecule has 0 radical (unpaired) electrons. The third-order valence-corrected chi connectivity index (χ3v) is 1.29. The Morgan fingerprint density at radius 2 is 2.44 bits per heavy atom. The first-order chi connectivity index (χ1) is 4.31. The fraction of sp³-hybridized carbons (Fsp3) is 0.750. The molecule has 52 valence electrons. The van der Waals surface area contributed by atoms with Crippen molar-refractivity contribution in [2.24, 2.45) is 0 Å². The molecule has 0 amide bonds. The Morgan fingerprint density at radius 1 is 1.78 bits per heavy atom. The Labute approximate surface area is 55.0 Å². The van der Waals surface area contributed by atoms with Crippen LogP contribution in [0.25, 0.3) is 0 Å². The fourth-order valence-corrected chi connectivity index (χ4v) is 0.575. The third-order valence-electron chi connectivity index (χ3n) is 0.572. The van der Waals surface area contributed by atoms with Crippen molar-refractivity contribution in [2.45, 2.75) is 6.42 Å². The molecule has 0 aromatic carbocycles. The van der Waals surface area contributed by atoms with E-state index in [1.165, 1.54) is 7.11 Å². The Morgan fingerprint density at radius 3 is 2.89 bits per heavy atom. The topological polar surface area (TPSA) is 62.5 Å². The van der Waals surface area contributed by atoms with Crippen LogP contribution in [0.2, 0.25) is 0 Å². The zero-order valence-electron chi connectivity index (χ0n) is 5.07. The summed E-state index contributed by atoms with van der Waals surface area (Å²) in [6, 6.07) is 1.87. The van der Waals surface area contributed by atoms with Crippen LogP contribution >= 0.6 is 8.60 Å². The Kier molecular flexibility index (Phi) is 5.80. The van der Waals surface area contributed by atoms with Crippen LogP contribution in [0.15, 0.2) is 0 Å². The van der Waals surface area contributed by atoms with Gasteiger partial charge in [-0.2, -0.15) is 5.26 Å². The number of hydrogen-bond acceptors (Lipinski definition) is 4. The minimum absolute atomic E-state index is 0.229. The standard InChI is InChI=1S/C4H8NO3P/c1-7-9(6)8-4-2-3-5/h6H,2,4H2,1H3. The second kappa shape index (κ2) is 5.93. The number of rotatable bonds is 4. The van der Waals surface area contributed by atoms with E-state index in [0.717, 1.165) is 0 Å². The van der Waals surface area contributed by atoms with Gasteiger partial charge in [0.15, 0.2) is 0 Å². The van der Waals surface area contributed by atoms with Crippen molar-refractivity contribution in [3.05, 3.63) is 0 Å². The summed E-state index contributed by atoms with van der Waals surface area (Å²) in [6.45, 7) is 0.229. The summed E-state index contributed by atoms with van der Waals surface area (Å²) in [6.07, 6.45) is 0.281. The van der Waals surface area contributed by atoms with Gasteiger partial charge < -0.3 is 13.9 Å². The van der Waals surface area contributed by atoms with E-state index in [9.17, 15) is 0 Å². The van der Waals surface area contributed by atoms with Crippen molar-refractivity contribution in [3.63, 3.8) is 0 Å². The predicted octanol–water partition coefficient (Wildman–Crippen LogP) is 0.782. The molecule has 0 rings (SSSR count). The van der Waals surface area contributed by atoms with Gasteiger partial charge in [0.05, 0.1) is 19.1 Å². The second-order valence-electron chi connectivity index (χ2n) is 1.16. The van der Waals surface area contributed by atoms with E-state index in [-0.39, 0.29) is 13.0 Å². The van der Waals surface area contributed by atoms with Gasteiger partial charge in [-0.25, -0.2) is 0 Å². The Bertz CT molecular complexity index is 102. The van der Waals surface area contributed by atoms with Crippen molar-refractivity contribution in [1.29, 1.82) is 5.26 Å². The van der Waals surface area contributed by atoms with Crippen molar-refractivity contribution < 1.29 is 13.9 Å². The first kappa shape index (κ1) is 8.80. The molecule has 0 aliphatic carbocycles. The van der Waals surface area contributed by atoms with Gasteiger partial charge in [0, 0.05) is 7.11 Å². The van der Waals surface area contributed by atoms with Crippen molar-refractivity contribution >= 4 is 8.60 Å². The highest BCUT2D eigenvalue weighted by Gasteiger charge is 2.00. The summed E-state index contributed by atoms with van der Waals surface area (Å²) < 4.78 is 8.99. The number of nitriles is 1. The SMILES string of the molecule is COP(O)OCCC#N. The Balaban J connectivity index is 2.99. The lowest BCUT2D eigenvalue weighted by molar-refractivity contribution is 0.233. The quantitative estimate of drug-likeness (QED) is 0.474. The van der Waals surface area contributed by atoms with Crippen LogP contribution in [0, 0.1) is 11.3 Å². The Hall–Kier alpha value is -0.200. The van der Waals surface area contributed by atoms with Gasteiger partial charge in [0.25, 0.3) is 0 Å². The van der Waals surface area contributed by atoms with Gasteiger partial charge in [-0.1, -0.05) is 0 Å². The molecule has 5 heteroatoms. The average molecular weight is 149 g/mol. The van der Waals surface area contributed by atoms with Crippen LogP contribution in [0.1, 0.15) is 6.42 Å². The van der Waals surface area contributed by atoms with Gasteiger partial charge in [-0.05, 0) is 0 Å². The third kappa shape index (κ3) is 5.67. The summed E-state index contributed by atoms with van der Waals surface area (Å²) in [5.74, 6) is 0. The first-order valence-corrected chi connectivity index (χ1v) is 3.47. The minimum Gasteiger partial charge on any atom is -0.328 e. The smallest absolute Gasteiger partial charge is 0.328 e. The molecule has 0 aliphatic rings. The molecule has 0 aromatic rings. The number of nitrogens with zero attached hydrogens (tertiary/aromatic N) is 1. The molecule has 0 saturated heterocycles. The summed E-state index contributed by atoms with van der Waals surface area (Å²) in [7, 11) is -0.396. The minimum atomic E-state index is -1.74. The van der Waals surface area contributed by atoms with E-state index < -0.39 is 8.60 Å². The molecular formula is C4H8NO3P.